The van der Waals surface area contributed by atoms with Crippen molar-refractivity contribution < 1.29 is 13.9 Å². The number of aromatic amines is 1. The first kappa shape index (κ1) is 19.1. The van der Waals surface area contributed by atoms with E-state index in [0.717, 1.165) is 16.5 Å². The molecule has 1 aromatic carbocycles. The summed E-state index contributed by atoms with van der Waals surface area (Å²) in [4.78, 5) is 22.2. The van der Waals surface area contributed by atoms with Gasteiger partial charge in [-0.15, -0.1) is 0 Å². The third-order valence-corrected chi connectivity index (χ3v) is 5.13. The van der Waals surface area contributed by atoms with Gasteiger partial charge in [0.15, 0.2) is 5.65 Å². The van der Waals surface area contributed by atoms with Gasteiger partial charge in [-0.2, -0.15) is 10.1 Å². The van der Waals surface area contributed by atoms with Crippen molar-refractivity contribution >= 4 is 23.1 Å². The molecule has 1 aliphatic rings. The SMILES string of the molecule is Cc1ccc(COC(=O)N2CC[C@H](CNc3ncc4cn[nH]c4n3)[C@H](F)C2)cc1. The van der Waals surface area contributed by atoms with E-state index in [1.165, 1.54) is 4.90 Å². The van der Waals surface area contributed by atoms with Crippen LogP contribution in [0.25, 0.3) is 11.0 Å². The Hall–Kier alpha value is -3.23. The number of H-pyrrole nitrogens is 1. The summed E-state index contributed by atoms with van der Waals surface area (Å²) in [5.74, 6) is 0.200. The number of fused-ring (bicyclic) bond motifs is 1. The molecular weight excluding hydrogens is 375 g/mol. The highest BCUT2D eigenvalue weighted by Crippen LogP contribution is 2.22. The number of amides is 1. The second-order valence-electron chi connectivity index (χ2n) is 7.30. The van der Waals surface area contributed by atoms with Gasteiger partial charge in [0.2, 0.25) is 5.95 Å². The highest BCUT2D eigenvalue weighted by molar-refractivity contribution is 5.73. The predicted octanol–water partition coefficient (Wildman–Crippen LogP) is 3.07. The van der Waals surface area contributed by atoms with Crippen molar-refractivity contribution in [1.82, 2.24) is 25.1 Å². The minimum absolute atomic E-state index is 0.0273. The topological polar surface area (TPSA) is 96.0 Å². The summed E-state index contributed by atoms with van der Waals surface area (Å²) < 4.78 is 20.0. The molecular formula is C20H23FN6O2. The van der Waals surface area contributed by atoms with Crippen LogP contribution in [0.2, 0.25) is 0 Å². The van der Waals surface area contributed by atoms with E-state index in [9.17, 15) is 9.18 Å². The third kappa shape index (κ3) is 4.61. The van der Waals surface area contributed by atoms with Crippen LogP contribution < -0.4 is 5.32 Å². The molecule has 2 N–H and O–H groups in total. The molecule has 1 fully saturated rings. The van der Waals surface area contributed by atoms with Crippen molar-refractivity contribution in [2.75, 3.05) is 25.0 Å². The van der Waals surface area contributed by atoms with E-state index in [2.05, 4.69) is 25.5 Å². The minimum atomic E-state index is -1.14. The van der Waals surface area contributed by atoms with Gasteiger partial charge in [-0.1, -0.05) is 29.8 Å². The number of ether oxygens (including phenoxy) is 1. The molecule has 2 aromatic heterocycles. The molecule has 0 spiro atoms. The van der Waals surface area contributed by atoms with Gasteiger partial charge in [-0.25, -0.2) is 14.2 Å². The number of rotatable bonds is 5. The van der Waals surface area contributed by atoms with Crippen LogP contribution >= 0.6 is 0 Å². The molecule has 0 radical (unpaired) electrons. The Bertz CT molecular complexity index is 977. The van der Waals surface area contributed by atoms with Gasteiger partial charge < -0.3 is 15.0 Å². The van der Waals surface area contributed by atoms with E-state index < -0.39 is 12.3 Å². The van der Waals surface area contributed by atoms with Crippen molar-refractivity contribution in [3.8, 4) is 0 Å². The van der Waals surface area contributed by atoms with Gasteiger partial charge in [-0.3, -0.25) is 5.10 Å². The Morgan fingerprint density at radius 3 is 2.97 bits per heavy atom. The molecule has 0 unspecified atom stereocenters. The Morgan fingerprint density at radius 1 is 1.34 bits per heavy atom. The second kappa shape index (κ2) is 8.42. The summed E-state index contributed by atoms with van der Waals surface area (Å²) in [5, 5.41) is 10.6. The summed E-state index contributed by atoms with van der Waals surface area (Å²) in [6.45, 7) is 3.06. The van der Waals surface area contributed by atoms with Gasteiger partial charge >= 0.3 is 6.09 Å². The number of halogens is 1. The first-order valence-electron chi connectivity index (χ1n) is 9.60. The van der Waals surface area contributed by atoms with Crippen LogP contribution in [-0.4, -0.2) is 57.0 Å². The lowest BCUT2D eigenvalue weighted by atomic mass is 9.95. The molecule has 0 bridgehead atoms. The first-order valence-corrected chi connectivity index (χ1v) is 9.60. The summed E-state index contributed by atoms with van der Waals surface area (Å²) in [6.07, 6.45) is 2.23. The van der Waals surface area contributed by atoms with E-state index in [1.807, 2.05) is 31.2 Å². The normalized spacial score (nSPS) is 19.3. The molecule has 1 saturated heterocycles. The third-order valence-electron chi connectivity index (χ3n) is 5.13. The Balaban J connectivity index is 1.25. The maximum absolute atomic E-state index is 14.6. The number of nitrogens with zero attached hydrogens (tertiary/aromatic N) is 4. The fourth-order valence-electron chi connectivity index (χ4n) is 3.32. The van der Waals surface area contributed by atoms with Gasteiger partial charge in [-0.05, 0) is 18.9 Å². The van der Waals surface area contributed by atoms with E-state index in [4.69, 9.17) is 4.74 Å². The van der Waals surface area contributed by atoms with Crippen LogP contribution in [-0.2, 0) is 11.3 Å². The van der Waals surface area contributed by atoms with Crippen molar-refractivity contribution in [3.63, 3.8) is 0 Å². The number of nitrogens with one attached hydrogen (secondary N) is 2. The largest absolute Gasteiger partial charge is 0.445 e. The maximum atomic E-state index is 14.6. The molecule has 0 saturated carbocycles. The Morgan fingerprint density at radius 2 is 2.17 bits per heavy atom. The van der Waals surface area contributed by atoms with Crippen LogP contribution in [0.3, 0.4) is 0 Å². The molecule has 2 atom stereocenters. The molecule has 8 nitrogen and oxygen atoms in total. The summed E-state index contributed by atoms with van der Waals surface area (Å²) in [6, 6.07) is 7.77. The standard InChI is InChI=1S/C20H23FN6O2/c1-13-2-4-14(5-3-13)12-29-20(28)27-7-6-15(17(21)11-27)8-22-19-23-9-16-10-24-26-18(16)25-19/h2-5,9-10,15,17H,6-8,11-12H2,1H3,(H2,22,23,24,25,26)/t15-,17-/m1/s1. The van der Waals surface area contributed by atoms with Gasteiger partial charge in [0, 0.05) is 25.2 Å². The molecule has 9 heteroatoms. The molecule has 1 amide bonds. The first-order chi connectivity index (χ1) is 14.1. The highest BCUT2D eigenvalue weighted by atomic mass is 19.1. The predicted molar refractivity (Wildman–Crippen MR) is 106 cm³/mol. The number of carbonyl (C=O) groups excluding carboxylic acids is 1. The van der Waals surface area contributed by atoms with Crippen molar-refractivity contribution in [1.29, 1.82) is 0 Å². The number of anilines is 1. The van der Waals surface area contributed by atoms with Crippen LogP contribution in [0.4, 0.5) is 15.1 Å². The van der Waals surface area contributed by atoms with Crippen LogP contribution in [0, 0.1) is 12.8 Å². The van der Waals surface area contributed by atoms with Gasteiger partial charge in [0.1, 0.15) is 12.8 Å². The number of piperidine rings is 1. The zero-order valence-electron chi connectivity index (χ0n) is 16.1. The molecule has 152 valence electrons. The average molecular weight is 398 g/mol. The lowest BCUT2D eigenvalue weighted by Crippen LogP contribution is -2.46. The summed E-state index contributed by atoms with van der Waals surface area (Å²) in [5.41, 5.74) is 2.69. The molecule has 1 aliphatic heterocycles. The van der Waals surface area contributed by atoms with E-state index in [1.54, 1.807) is 12.4 Å². The molecule has 3 aromatic rings. The number of aromatic nitrogens is 4. The van der Waals surface area contributed by atoms with E-state index >= 15 is 0 Å². The van der Waals surface area contributed by atoms with E-state index in [-0.39, 0.29) is 19.1 Å². The van der Waals surface area contributed by atoms with Crippen LogP contribution in [0.5, 0.6) is 0 Å². The van der Waals surface area contributed by atoms with Gasteiger partial charge in [0.25, 0.3) is 0 Å². The summed E-state index contributed by atoms with van der Waals surface area (Å²) in [7, 11) is 0. The van der Waals surface area contributed by atoms with Crippen molar-refractivity contribution in [2.45, 2.75) is 26.1 Å². The van der Waals surface area contributed by atoms with E-state index in [0.29, 0.717) is 31.1 Å². The van der Waals surface area contributed by atoms with Crippen molar-refractivity contribution in [2.24, 2.45) is 5.92 Å². The molecule has 3 heterocycles. The Labute approximate surface area is 167 Å². The lowest BCUT2D eigenvalue weighted by Gasteiger charge is -2.34. The fraction of sp³-hybridized carbons (Fsp3) is 0.400. The second-order valence-corrected chi connectivity index (χ2v) is 7.30. The maximum Gasteiger partial charge on any atom is 0.410 e. The summed E-state index contributed by atoms with van der Waals surface area (Å²) >= 11 is 0. The minimum Gasteiger partial charge on any atom is -0.445 e. The number of likely N-dealkylation sites (tertiary alicyclic amines) is 1. The lowest BCUT2D eigenvalue weighted by molar-refractivity contribution is 0.0544. The zero-order chi connectivity index (χ0) is 20.2. The Kier molecular flexibility index (Phi) is 5.55. The zero-order valence-corrected chi connectivity index (χ0v) is 16.1. The number of hydrogen-bond acceptors (Lipinski definition) is 6. The number of aryl methyl sites for hydroxylation is 1. The molecule has 0 aliphatic carbocycles. The fourth-order valence-corrected chi connectivity index (χ4v) is 3.32. The average Bonchev–Trinajstić information content (AvgIpc) is 3.20. The van der Waals surface area contributed by atoms with Crippen LogP contribution in [0.1, 0.15) is 17.5 Å². The number of alkyl halides is 1. The number of benzene rings is 1. The number of carbonyl (C=O) groups is 1. The van der Waals surface area contributed by atoms with Crippen molar-refractivity contribution in [3.05, 3.63) is 47.8 Å². The monoisotopic (exact) mass is 398 g/mol. The highest BCUT2D eigenvalue weighted by Gasteiger charge is 2.32. The smallest absolute Gasteiger partial charge is 0.410 e. The molecule has 4 rings (SSSR count). The number of hydrogen-bond donors (Lipinski definition) is 2. The quantitative estimate of drug-likeness (QED) is 0.686. The van der Waals surface area contributed by atoms with Gasteiger partial charge in [0.05, 0.1) is 18.1 Å². The molecule has 29 heavy (non-hydrogen) atoms. The van der Waals surface area contributed by atoms with Crippen LogP contribution in [0.15, 0.2) is 36.7 Å².